The van der Waals surface area contributed by atoms with E-state index in [1.807, 2.05) is 30.3 Å². The Labute approximate surface area is 101 Å². The second-order valence-electron chi connectivity index (χ2n) is 3.87. The fourth-order valence-electron chi connectivity index (χ4n) is 1.52. The van der Waals surface area contributed by atoms with Gasteiger partial charge in [0.25, 0.3) is 0 Å². The van der Waals surface area contributed by atoms with Crippen LogP contribution in [0.4, 0.5) is 0 Å². The molecule has 1 aromatic rings. The van der Waals surface area contributed by atoms with Crippen molar-refractivity contribution in [1.29, 1.82) is 0 Å². The molecule has 1 aromatic carbocycles. The van der Waals surface area contributed by atoms with Gasteiger partial charge in [-0.15, -0.1) is 6.58 Å². The molecular weight excluding hydrogens is 218 g/mol. The van der Waals surface area contributed by atoms with Gasteiger partial charge in [-0.25, -0.2) is 0 Å². The predicted octanol–water partition coefficient (Wildman–Crippen LogP) is 0.0449. The second kappa shape index (κ2) is 7.19. The van der Waals surface area contributed by atoms with Gasteiger partial charge in [-0.1, -0.05) is 36.4 Å². The van der Waals surface area contributed by atoms with E-state index >= 15 is 0 Å². The fourth-order valence-corrected chi connectivity index (χ4v) is 1.52. The maximum Gasteiger partial charge on any atom is 0.105 e. The van der Waals surface area contributed by atoms with Crippen LogP contribution in [0.25, 0.3) is 0 Å². The van der Waals surface area contributed by atoms with Crippen LogP contribution in [0.3, 0.4) is 0 Å². The molecule has 0 heterocycles. The number of aliphatic hydroxyl groups is 3. The first-order valence-electron chi connectivity index (χ1n) is 5.56. The Balaban J connectivity index is 2.50. The molecule has 4 N–H and O–H groups in total. The van der Waals surface area contributed by atoms with Gasteiger partial charge in [-0.05, 0) is 5.56 Å². The fraction of sp³-hybridized carbons (Fsp3) is 0.385. The number of rotatable bonds is 7. The van der Waals surface area contributed by atoms with Crippen LogP contribution in [0, 0.1) is 0 Å². The highest BCUT2D eigenvalue weighted by molar-refractivity contribution is 5.14. The van der Waals surface area contributed by atoms with E-state index in [0.29, 0.717) is 6.54 Å². The van der Waals surface area contributed by atoms with E-state index in [1.54, 1.807) is 0 Å². The van der Waals surface area contributed by atoms with Gasteiger partial charge in [0.1, 0.15) is 12.2 Å². The lowest BCUT2D eigenvalue weighted by Crippen LogP contribution is -2.46. The standard InChI is InChI=1S/C13H19NO3/c1-2-11(13(17)12(16)9-15)14-8-10-6-4-3-5-7-10/h2-7,11-17H,1,8-9H2/t11-,12-,13-/m0/s1. The highest BCUT2D eigenvalue weighted by Gasteiger charge is 2.22. The Hall–Kier alpha value is -1.20. The Morgan fingerprint density at radius 3 is 2.41 bits per heavy atom. The third kappa shape index (κ3) is 4.28. The zero-order chi connectivity index (χ0) is 12.7. The van der Waals surface area contributed by atoms with E-state index in [1.165, 1.54) is 6.08 Å². The lowest BCUT2D eigenvalue weighted by atomic mass is 10.1. The average molecular weight is 237 g/mol. The third-order valence-corrected chi connectivity index (χ3v) is 2.59. The summed E-state index contributed by atoms with van der Waals surface area (Å²) in [6, 6.07) is 9.25. The first-order valence-corrected chi connectivity index (χ1v) is 5.56. The first kappa shape index (κ1) is 13.9. The lowest BCUT2D eigenvalue weighted by molar-refractivity contribution is -0.0245. The molecule has 4 nitrogen and oxygen atoms in total. The second-order valence-corrected chi connectivity index (χ2v) is 3.87. The van der Waals surface area contributed by atoms with E-state index < -0.39 is 24.9 Å². The molecule has 94 valence electrons. The molecule has 0 saturated heterocycles. The molecule has 0 saturated carbocycles. The molecule has 4 heteroatoms. The monoisotopic (exact) mass is 237 g/mol. The molecule has 0 aliphatic rings. The number of aliphatic hydroxyl groups excluding tert-OH is 3. The van der Waals surface area contributed by atoms with Crippen molar-refractivity contribution in [1.82, 2.24) is 5.32 Å². The van der Waals surface area contributed by atoms with Crippen LogP contribution in [0.5, 0.6) is 0 Å². The molecule has 0 radical (unpaired) electrons. The van der Waals surface area contributed by atoms with E-state index in [9.17, 15) is 10.2 Å². The van der Waals surface area contributed by atoms with Crippen LogP contribution in [-0.4, -0.2) is 40.2 Å². The molecule has 0 fully saturated rings. The van der Waals surface area contributed by atoms with Crippen LogP contribution >= 0.6 is 0 Å². The number of benzene rings is 1. The topological polar surface area (TPSA) is 72.7 Å². The van der Waals surface area contributed by atoms with E-state index in [4.69, 9.17) is 5.11 Å². The normalized spacial score (nSPS) is 16.2. The molecule has 0 aromatic heterocycles. The Morgan fingerprint density at radius 2 is 1.88 bits per heavy atom. The number of hydrogen-bond donors (Lipinski definition) is 4. The summed E-state index contributed by atoms with van der Waals surface area (Å²) in [5.74, 6) is 0. The molecule has 0 unspecified atom stereocenters. The third-order valence-electron chi connectivity index (χ3n) is 2.59. The minimum Gasteiger partial charge on any atom is -0.394 e. The molecule has 17 heavy (non-hydrogen) atoms. The first-order chi connectivity index (χ1) is 8.19. The minimum absolute atomic E-state index is 0.461. The van der Waals surface area contributed by atoms with Crippen molar-refractivity contribution in [2.75, 3.05) is 6.61 Å². The lowest BCUT2D eigenvalue weighted by Gasteiger charge is -2.24. The molecule has 0 bridgehead atoms. The molecule has 1 rings (SSSR count). The van der Waals surface area contributed by atoms with Gasteiger partial charge >= 0.3 is 0 Å². The Kier molecular flexibility index (Phi) is 5.86. The highest BCUT2D eigenvalue weighted by Crippen LogP contribution is 2.04. The largest absolute Gasteiger partial charge is 0.394 e. The Morgan fingerprint density at radius 1 is 1.24 bits per heavy atom. The maximum atomic E-state index is 9.71. The van der Waals surface area contributed by atoms with Gasteiger partial charge in [-0.3, -0.25) is 0 Å². The van der Waals surface area contributed by atoms with Crippen molar-refractivity contribution in [2.45, 2.75) is 24.8 Å². The summed E-state index contributed by atoms with van der Waals surface area (Å²) in [7, 11) is 0. The molecule has 0 amide bonds. The number of hydrogen-bond acceptors (Lipinski definition) is 4. The predicted molar refractivity (Wildman–Crippen MR) is 66.4 cm³/mol. The minimum atomic E-state index is -1.17. The van der Waals surface area contributed by atoms with Gasteiger partial charge < -0.3 is 20.6 Å². The van der Waals surface area contributed by atoms with Gasteiger partial charge in [0.05, 0.1) is 12.6 Å². The number of nitrogens with one attached hydrogen (secondary N) is 1. The summed E-state index contributed by atoms with van der Waals surface area (Å²) in [5.41, 5.74) is 1.07. The van der Waals surface area contributed by atoms with Crippen LogP contribution in [0.15, 0.2) is 43.0 Å². The zero-order valence-corrected chi connectivity index (χ0v) is 9.66. The van der Waals surface area contributed by atoms with Gasteiger partial charge in [0, 0.05) is 6.54 Å². The SMILES string of the molecule is C=C[C@H](NCc1ccccc1)[C@H](O)[C@@H](O)CO. The van der Waals surface area contributed by atoms with Crippen LogP contribution < -0.4 is 5.32 Å². The summed E-state index contributed by atoms with van der Waals surface area (Å²) in [5, 5.41) is 30.9. The van der Waals surface area contributed by atoms with Crippen molar-refractivity contribution in [3.63, 3.8) is 0 Å². The summed E-state index contributed by atoms with van der Waals surface area (Å²) >= 11 is 0. The maximum absolute atomic E-state index is 9.71. The zero-order valence-electron chi connectivity index (χ0n) is 9.66. The van der Waals surface area contributed by atoms with Crippen molar-refractivity contribution in [2.24, 2.45) is 0 Å². The van der Waals surface area contributed by atoms with Crippen molar-refractivity contribution >= 4 is 0 Å². The van der Waals surface area contributed by atoms with Gasteiger partial charge in [0.2, 0.25) is 0 Å². The van der Waals surface area contributed by atoms with Crippen molar-refractivity contribution in [3.8, 4) is 0 Å². The smallest absolute Gasteiger partial charge is 0.105 e. The van der Waals surface area contributed by atoms with E-state index in [2.05, 4.69) is 11.9 Å². The summed E-state index contributed by atoms with van der Waals surface area (Å²) < 4.78 is 0. The van der Waals surface area contributed by atoms with Crippen LogP contribution in [-0.2, 0) is 6.54 Å². The van der Waals surface area contributed by atoms with Crippen molar-refractivity contribution in [3.05, 3.63) is 48.6 Å². The highest BCUT2D eigenvalue weighted by atomic mass is 16.4. The average Bonchev–Trinajstić information content (AvgIpc) is 2.39. The van der Waals surface area contributed by atoms with Crippen LogP contribution in [0.2, 0.25) is 0 Å². The molecule has 0 aliphatic heterocycles. The summed E-state index contributed by atoms with van der Waals surface area (Å²) in [6.45, 7) is 3.68. The summed E-state index contributed by atoms with van der Waals surface area (Å²) in [6.07, 6.45) is -0.713. The molecule has 0 spiro atoms. The van der Waals surface area contributed by atoms with Crippen molar-refractivity contribution < 1.29 is 15.3 Å². The van der Waals surface area contributed by atoms with E-state index in [-0.39, 0.29) is 0 Å². The summed E-state index contributed by atoms with van der Waals surface area (Å²) in [4.78, 5) is 0. The van der Waals surface area contributed by atoms with Gasteiger partial charge in [-0.2, -0.15) is 0 Å². The van der Waals surface area contributed by atoms with Gasteiger partial charge in [0.15, 0.2) is 0 Å². The molecule has 0 aliphatic carbocycles. The van der Waals surface area contributed by atoms with Crippen LogP contribution in [0.1, 0.15) is 5.56 Å². The Bertz CT molecular complexity index is 329. The van der Waals surface area contributed by atoms with E-state index in [0.717, 1.165) is 5.56 Å². The quantitative estimate of drug-likeness (QED) is 0.505. The molecular formula is C13H19NO3. The molecule has 3 atom stereocenters.